The van der Waals surface area contributed by atoms with Gasteiger partial charge in [0.05, 0.1) is 5.56 Å². The summed E-state index contributed by atoms with van der Waals surface area (Å²) in [5.41, 5.74) is -1.08. The van der Waals surface area contributed by atoms with Crippen LogP contribution in [-0.4, -0.2) is 6.54 Å². The summed E-state index contributed by atoms with van der Waals surface area (Å²) in [5.74, 6) is -0.826. The van der Waals surface area contributed by atoms with Crippen molar-refractivity contribution in [3.05, 3.63) is 35.1 Å². The molecule has 120 valence electrons. The van der Waals surface area contributed by atoms with Gasteiger partial charge in [-0.3, -0.25) is 0 Å². The van der Waals surface area contributed by atoms with Crippen molar-refractivity contribution < 1.29 is 17.6 Å². The van der Waals surface area contributed by atoms with E-state index in [-0.39, 0.29) is 11.6 Å². The summed E-state index contributed by atoms with van der Waals surface area (Å²) in [6, 6.07) is 3.11. The molecule has 1 rings (SSSR count). The number of alkyl halides is 3. The highest BCUT2D eigenvalue weighted by Crippen LogP contribution is 2.35. The zero-order valence-corrected chi connectivity index (χ0v) is 12.7. The molecule has 1 N–H and O–H groups in total. The fourth-order valence-corrected chi connectivity index (χ4v) is 2.62. The van der Waals surface area contributed by atoms with Crippen molar-refractivity contribution in [2.45, 2.75) is 52.3 Å². The van der Waals surface area contributed by atoms with Crippen LogP contribution >= 0.6 is 0 Å². The maximum Gasteiger partial charge on any atom is 0.419 e. The number of rotatable bonds is 7. The van der Waals surface area contributed by atoms with Crippen molar-refractivity contribution in [2.75, 3.05) is 6.54 Å². The molecule has 0 aliphatic carbocycles. The molecule has 0 saturated carbocycles. The topological polar surface area (TPSA) is 12.0 Å². The van der Waals surface area contributed by atoms with E-state index in [2.05, 4.69) is 12.2 Å². The molecule has 0 radical (unpaired) electrons. The molecule has 5 heteroatoms. The highest BCUT2D eigenvalue weighted by molar-refractivity contribution is 5.30. The third-order valence-corrected chi connectivity index (χ3v) is 3.58. The van der Waals surface area contributed by atoms with Crippen LogP contribution in [0.3, 0.4) is 0 Å². The SMILES string of the molecule is CCCC(C)CC(NCC)c1cccc(C(F)(F)F)c1F. The van der Waals surface area contributed by atoms with Gasteiger partial charge in [-0.15, -0.1) is 0 Å². The minimum atomic E-state index is -4.66. The van der Waals surface area contributed by atoms with Crippen LogP contribution in [-0.2, 0) is 6.18 Å². The Bertz CT molecular complexity index is 442. The van der Waals surface area contributed by atoms with Crippen molar-refractivity contribution in [3.8, 4) is 0 Å². The highest BCUT2D eigenvalue weighted by Gasteiger charge is 2.35. The third kappa shape index (κ3) is 4.99. The Kier molecular flexibility index (Phi) is 6.65. The van der Waals surface area contributed by atoms with Crippen molar-refractivity contribution >= 4 is 0 Å². The number of hydrogen-bond acceptors (Lipinski definition) is 1. The van der Waals surface area contributed by atoms with E-state index < -0.39 is 17.6 Å². The maximum absolute atomic E-state index is 14.2. The Labute approximate surface area is 123 Å². The van der Waals surface area contributed by atoms with Gasteiger partial charge in [-0.25, -0.2) is 4.39 Å². The largest absolute Gasteiger partial charge is 0.419 e. The molecule has 1 nitrogen and oxygen atoms in total. The van der Waals surface area contributed by atoms with Gasteiger partial charge in [-0.2, -0.15) is 13.2 Å². The molecule has 0 aromatic heterocycles. The van der Waals surface area contributed by atoms with Gasteiger partial charge >= 0.3 is 6.18 Å². The zero-order valence-electron chi connectivity index (χ0n) is 12.7. The lowest BCUT2D eigenvalue weighted by Gasteiger charge is -2.23. The van der Waals surface area contributed by atoms with Gasteiger partial charge in [0.1, 0.15) is 5.82 Å². The minimum Gasteiger partial charge on any atom is -0.310 e. The van der Waals surface area contributed by atoms with Crippen LogP contribution in [0.5, 0.6) is 0 Å². The monoisotopic (exact) mass is 305 g/mol. The number of hydrogen-bond donors (Lipinski definition) is 1. The molecule has 0 aliphatic rings. The quantitative estimate of drug-likeness (QED) is 0.672. The first-order valence-corrected chi connectivity index (χ1v) is 7.40. The van der Waals surface area contributed by atoms with Gasteiger partial charge in [0.2, 0.25) is 0 Å². The molecule has 0 fully saturated rings. The molecule has 1 aromatic carbocycles. The number of halogens is 4. The smallest absolute Gasteiger partial charge is 0.310 e. The van der Waals surface area contributed by atoms with E-state index in [0.29, 0.717) is 18.9 Å². The normalized spacial score (nSPS) is 15.0. The molecule has 1 aromatic rings. The van der Waals surface area contributed by atoms with E-state index in [1.54, 1.807) is 0 Å². The first kappa shape index (κ1) is 18.0. The third-order valence-electron chi connectivity index (χ3n) is 3.58. The van der Waals surface area contributed by atoms with Crippen LogP contribution < -0.4 is 5.32 Å². The van der Waals surface area contributed by atoms with Crippen LogP contribution in [0, 0.1) is 11.7 Å². The molecule has 0 amide bonds. The zero-order chi connectivity index (χ0) is 16.0. The summed E-state index contributed by atoms with van der Waals surface area (Å²) in [6.07, 6.45) is -2.06. The summed E-state index contributed by atoms with van der Waals surface area (Å²) in [7, 11) is 0. The van der Waals surface area contributed by atoms with Gasteiger partial charge < -0.3 is 5.32 Å². The fourth-order valence-electron chi connectivity index (χ4n) is 2.62. The Morgan fingerprint density at radius 3 is 2.38 bits per heavy atom. The predicted octanol–water partition coefficient (Wildman–Crippen LogP) is 5.32. The Hall–Kier alpha value is -1.10. The molecule has 0 saturated heterocycles. The van der Waals surface area contributed by atoms with Gasteiger partial charge in [0.15, 0.2) is 0 Å². The minimum absolute atomic E-state index is 0.106. The van der Waals surface area contributed by atoms with Crippen molar-refractivity contribution in [1.29, 1.82) is 0 Å². The Morgan fingerprint density at radius 2 is 1.86 bits per heavy atom. The van der Waals surface area contributed by atoms with Crippen molar-refractivity contribution in [1.82, 2.24) is 5.32 Å². The van der Waals surface area contributed by atoms with Gasteiger partial charge in [-0.05, 0) is 24.9 Å². The van der Waals surface area contributed by atoms with E-state index in [9.17, 15) is 17.6 Å². The van der Waals surface area contributed by atoms with Crippen LogP contribution in [0.1, 0.15) is 57.2 Å². The Morgan fingerprint density at radius 1 is 1.19 bits per heavy atom. The van der Waals surface area contributed by atoms with Gasteiger partial charge in [-0.1, -0.05) is 45.7 Å². The van der Waals surface area contributed by atoms with Crippen LogP contribution in [0.15, 0.2) is 18.2 Å². The van der Waals surface area contributed by atoms with Gasteiger partial charge in [0.25, 0.3) is 0 Å². The lowest BCUT2D eigenvalue weighted by molar-refractivity contribution is -0.140. The van der Waals surface area contributed by atoms with E-state index >= 15 is 0 Å². The average molecular weight is 305 g/mol. The fraction of sp³-hybridized carbons (Fsp3) is 0.625. The summed E-state index contributed by atoms with van der Waals surface area (Å²) >= 11 is 0. The standard InChI is InChI=1S/C16H23F4N/c1-4-7-11(3)10-14(21-5-2)12-8-6-9-13(15(12)17)16(18,19)20/h6,8-9,11,14,21H,4-5,7,10H2,1-3H3. The second kappa shape index (κ2) is 7.78. The molecular weight excluding hydrogens is 282 g/mol. The van der Waals surface area contributed by atoms with Crippen LogP contribution in [0.2, 0.25) is 0 Å². The second-order valence-corrected chi connectivity index (χ2v) is 5.45. The molecule has 0 bridgehead atoms. The lowest BCUT2D eigenvalue weighted by Crippen LogP contribution is -2.25. The maximum atomic E-state index is 14.2. The summed E-state index contributed by atoms with van der Waals surface area (Å²) in [5, 5.41) is 3.10. The summed E-state index contributed by atoms with van der Waals surface area (Å²) < 4.78 is 52.6. The van der Waals surface area contributed by atoms with Crippen molar-refractivity contribution in [3.63, 3.8) is 0 Å². The van der Waals surface area contributed by atoms with Gasteiger partial charge in [0, 0.05) is 11.6 Å². The Balaban J connectivity index is 3.08. The first-order valence-electron chi connectivity index (χ1n) is 7.40. The van der Waals surface area contributed by atoms with E-state index in [1.807, 2.05) is 13.8 Å². The number of benzene rings is 1. The van der Waals surface area contributed by atoms with Crippen LogP contribution in [0.4, 0.5) is 17.6 Å². The molecule has 2 atom stereocenters. The van der Waals surface area contributed by atoms with Crippen LogP contribution in [0.25, 0.3) is 0 Å². The first-order chi connectivity index (χ1) is 9.81. The summed E-state index contributed by atoms with van der Waals surface area (Å²) in [4.78, 5) is 0. The molecule has 0 aliphatic heterocycles. The lowest BCUT2D eigenvalue weighted by atomic mass is 9.91. The molecule has 21 heavy (non-hydrogen) atoms. The second-order valence-electron chi connectivity index (χ2n) is 5.45. The molecule has 2 unspecified atom stereocenters. The molecule has 0 spiro atoms. The highest BCUT2D eigenvalue weighted by atomic mass is 19.4. The van der Waals surface area contributed by atoms with E-state index in [4.69, 9.17) is 0 Å². The van der Waals surface area contributed by atoms with E-state index in [1.165, 1.54) is 12.1 Å². The van der Waals surface area contributed by atoms with Crippen molar-refractivity contribution in [2.24, 2.45) is 5.92 Å². The average Bonchev–Trinajstić information content (AvgIpc) is 2.37. The molecule has 0 heterocycles. The van der Waals surface area contributed by atoms with E-state index in [0.717, 1.165) is 18.9 Å². The molecular formula is C16H23F4N. The summed E-state index contributed by atoms with van der Waals surface area (Å²) in [6.45, 7) is 6.55. The number of nitrogens with one attached hydrogen (secondary N) is 1. The predicted molar refractivity (Wildman–Crippen MR) is 76.5 cm³/mol.